The molecule has 2 aliphatic rings. The molecule has 0 aromatic heterocycles. The maximum absolute atomic E-state index is 12.7. The van der Waals surface area contributed by atoms with Gasteiger partial charge >= 0.3 is 12.0 Å². The summed E-state index contributed by atoms with van der Waals surface area (Å²) in [5.74, 6) is -0.802. The predicted octanol–water partition coefficient (Wildman–Crippen LogP) is 3.79. The molecule has 10 nitrogen and oxygen atoms in total. The maximum Gasteiger partial charge on any atom is 0.319 e. The molecular weight excluding hydrogens is 532 g/mol. The molecule has 11 heteroatoms. The van der Waals surface area contributed by atoms with Crippen LogP contribution in [0.4, 0.5) is 10.5 Å². The lowest BCUT2D eigenvalue weighted by atomic mass is 9.94. The molecule has 5 N–H and O–H groups in total. The molecule has 212 valence electrons. The molecule has 0 spiro atoms. The number of aliphatic carboxylic acids is 1. The highest BCUT2D eigenvalue weighted by Gasteiger charge is 2.39. The van der Waals surface area contributed by atoms with E-state index >= 15 is 0 Å². The van der Waals surface area contributed by atoms with Crippen LogP contribution in [-0.2, 0) is 22.6 Å². The van der Waals surface area contributed by atoms with Gasteiger partial charge in [-0.2, -0.15) is 0 Å². The third-order valence-corrected chi connectivity index (χ3v) is 7.48. The van der Waals surface area contributed by atoms with Gasteiger partial charge in [0, 0.05) is 37.3 Å². The molecule has 4 rings (SSSR count). The number of carbonyl (C=O) groups is 3. The number of likely N-dealkylation sites (N-methyl/N-ethyl adjacent to an activating group) is 1. The summed E-state index contributed by atoms with van der Waals surface area (Å²) in [5, 5.41) is 21.5. The zero-order chi connectivity index (χ0) is 28.5. The van der Waals surface area contributed by atoms with Gasteiger partial charge in [0.25, 0.3) is 0 Å². The Labute approximate surface area is 238 Å². The van der Waals surface area contributed by atoms with Crippen LogP contribution in [-0.4, -0.2) is 58.9 Å². The minimum absolute atomic E-state index is 0.0302. The number of alkyl halides is 1. The molecule has 1 saturated carbocycles. The Morgan fingerprint density at radius 3 is 2.52 bits per heavy atom. The number of amides is 3. The Balaban J connectivity index is 1.50. The first kappa shape index (κ1) is 28.9. The number of carboxylic acids is 1. The van der Waals surface area contributed by atoms with Crippen molar-refractivity contribution in [1.82, 2.24) is 20.9 Å². The number of anilines is 1. The van der Waals surface area contributed by atoms with Gasteiger partial charge in [0.15, 0.2) is 5.00 Å². The van der Waals surface area contributed by atoms with Gasteiger partial charge in [-0.3, -0.25) is 9.59 Å². The second-order valence-electron chi connectivity index (χ2n) is 10.1. The fourth-order valence-electron chi connectivity index (χ4n) is 5.04. The van der Waals surface area contributed by atoms with E-state index in [4.69, 9.17) is 11.6 Å². The lowest BCUT2D eigenvalue weighted by Gasteiger charge is -2.35. The number of hydrogen-bond donors (Lipinski definition) is 5. The van der Waals surface area contributed by atoms with E-state index in [2.05, 4.69) is 26.3 Å². The fraction of sp³-hybridized carbons (Fsp3) is 0.379. The minimum atomic E-state index is -1.45. The SMILES string of the molecule is CN(CC(=O)NC1CCCC1)C1=C(CC(=O)O)C(Cl)(Cc2ccccc2NC(=O)NCc2ccccc2)N=CN1. The molecule has 0 radical (unpaired) electrons. The Bertz CT molecular complexity index is 1280. The number of para-hydroxylation sites is 1. The van der Waals surface area contributed by atoms with Crippen molar-refractivity contribution in [1.29, 1.82) is 0 Å². The molecule has 1 fully saturated rings. The fourth-order valence-corrected chi connectivity index (χ4v) is 5.39. The molecule has 1 heterocycles. The standard InChI is InChI=1S/C29H35ClN6O4/c1-36(18-25(37)34-22-12-6-7-13-22)27-23(15-26(38)39)29(30,33-19-32-27)16-21-11-5-8-14-24(21)35-28(40)31-17-20-9-3-2-4-10-20/h2-5,8-11,14,19,22H,6-7,12-13,15-18H2,1H3,(H,32,33)(H,34,37)(H,38,39)(H2,31,35,40). The first-order chi connectivity index (χ1) is 19.2. The summed E-state index contributed by atoms with van der Waals surface area (Å²) in [6, 6.07) is 16.5. The van der Waals surface area contributed by atoms with Crippen molar-refractivity contribution >= 4 is 41.5 Å². The monoisotopic (exact) mass is 566 g/mol. The molecule has 2 aromatic carbocycles. The van der Waals surface area contributed by atoms with Gasteiger partial charge in [0.1, 0.15) is 5.82 Å². The lowest BCUT2D eigenvalue weighted by Crippen LogP contribution is -2.45. The molecule has 3 amide bonds. The summed E-state index contributed by atoms with van der Waals surface area (Å²) in [4.78, 5) is 41.9. The van der Waals surface area contributed by atoms with Gasteiger partial charge in [-0.15, -0.1) is 0 Å². The van der Waals surface area contributed by atoms with Gasteiger partial charge in [-0.25, -0.2) is 9.79 Å². The summed E-state index contributed by atoms with van der Waals surface area (Å²) in [6.07, 6.45) is 5.29. The van der Waals surface area contributed by atoms with Crippen LogP contribution in [0.1, 0.15) is 43.2 Å². The van der Waals surface area contributed by atoms with Gasteiger partial charge in [0.2, 0.25) is 5.91 Å². The smallest absolute Gasteiger partial charge is 0.319 e. The van der Waals surface area contributed by atoms with Gasteiger partial charge in [-0.1, -0.05) is 73.0 Å². The number of halogens is 1. The highest BCUT2D eigenvalue weighted by molar-refractivity contribution is 6.26. The quantitative estimate of drug-likeness (QED) is 0.207. The summed E-state index contributed by atoms with van der Waals surface area (Å²) < 4.78 is 0. The average Bonchev–Trinajstić information content (AvgIpc) is 3.43. The first-order valence-corrected chi connectivity index (χ1v) is 13.7. The second-order valence-corrected chi connectivity index (χ2v) is 10.7. The van der Waals surface area contributed by atoms with Crippen molar-refractivity contribution in [3.05, 3.63) is 77.1 Å². The molecule has 0 bridgehead atoms. The second kappa shape index (κ2) is 13.3. The van der Waals surface area contributed by atoms with Crippen LogP contribution in [0.3, 0.4) is 0 Å². The van der Waals surface area contributed by atoms with Gasteiger partial charge < -0.3 is 31.3 Å². The number of carbonyl (C=O) groups excluding carboxylic acids is 2. The predicted molar refractivity (Wildman–Crippen MR) is 155 cm³/mol. The highest BCUT2D eigenvalue weighted by Crippen LogP contribution is 2.38. The lowest BCUT2D eigenvalue weighted by molar-refractivity contribution is -0.136. The molecular formula is C29H35ClN6O4. The van der Waals surface area contributed by atoms with Crippen LogP contribution in [0.25, 0.3) is 0 Å². The summed E-state index contributed by atoms with van der Waals surface area (Å²) >= 11 is 7.07. The Morgan fingerprint density at radius 2 is 1.80 bits per heavy atom. The van der Waals surface area contributed by atoms with Crippen LogP contribution in [0.5, 0.6) is 0 Å². The maximum atomic E-state index is 12.7. The van der Waals surface area contributed by atoms with Gasteiger partial charge in [-0.05, 0) is 30.0 Å². The van der Waals surface area contributed by atoms with E-state index in [1.807, 2.05) is 42.5 Å². The van der Waals surface area contributed by atoms with Crippen molar-refractivity contribution in [2.45, 2.75) is 56.1 Å². The van der Waals surface area contributed by atoms with Crippen molar-refractivity contribution in [3.63, 3.8) is 0 Å². The van der Waals surface area contributed by atoms with Crippen LogP contribution in [0, 0.1) is 0 Å². The van der Waals surface area contributed by atoms with E-state index < -0.39 is 11.0 Å². The van der Waals surface area contributed by atoms with E-state index in [1.54, 1.807) is 24.1 Å². The summed E-state index contributed by atoms with van der Waals surface area (Å²) in [6.45, 7) is 0.391. The zero-order valence-electron chi connectivity index (χ0n) is 22.5. The number of nitrogens with one attached hydrogen (secondary N) is 4. The number of rotatable bonds is 11. The summed E-state index contributed by atoms with van der Waals surface area (Å²) in [5.41, 5.74) is 2.49. The molecule has 40 heavy (non-hydrogen) atoms. The summed E-state index contributed by atoms with van der Waals surface area (Å²) in [7, 11) is 1.71. The van der Waals surface area contributed by atoms with E-state index in [9.17, 15) is 19.5 Å². The van der Waals surface area contributed by atoms with Crippen LogP contribution < -0.4 is 21.3 Å². The van der Waals surface area contributed by atoms with Crippen molar-refractivity contribution in [3.8, 4) is 0 Å². The topological polar surface area (TPSA) is 135 Å². The van der Waals surface area contributed by atoms with E-state index in [0.29, 0.717) is 29.2 Å². The number of aliphatic imine (C=N–C) groups is 1. The molecule has 2 aromatic rings. The Morgan fingerprint density at radius 1 is 1.10 bits per heavy atom. The van der Waals surface area contributed by atoms with E-state index in [1.165, 1.54) is 6.34 Å². The molecule has 1 aliphatic heterocycles. The largest absolute Gasteiger partial charge is 0.481 e. The third-order valence-electron chi connectivity index (χ3n) is 7.02. The highest BCUT2D eigenvalue weighted by atomic mass is 35.5. The number of nitrogens with zero attached hydrogens (tertiary/aromatic N) is 2. The number of carboxylic acid groups (broad SMARTS) is 1. The molecule has 1 atom stereocenters. The third kappa shape index (κ3) is 7.75. The Kier molecular flexibility index (Phi) is 9.65. The zero-order valence-corrected chi connectivity index (χ0v) is 23.2. The number of urea groups is 1. The van der Waals surface area contributed by atoms with Crippen LogP contribution in [0.2, 0.25) is 0 Å². The van der Waals surface area contributed by atoms with Crippen LogP contribution in [0.15, 0.2) is 71.0 Å². The van der Waals surface area contributed by atoms with E-state index in [0.717, 1.165) is 31.2 Å². The van der Waals surface area contributed by atoms with Crippen molar-refractivity contribution in [2.75, 3.05) is 18.9 Å². The van der Waals surface area contributed by atoms with Crippen LogP contribution >= 0.6 is 11.6 Å². The van der Waals surface area contributed by atoms with Gasteiger partial charge in [0.05, 0.1) is 19.3 Å². The van der Waals surface area contributed by atoms with E-state index in [-0.39, 0.29) is 37.4 Å². The normalized spacial score (nSPS) is 18.6. The minimum Gasteiger partial charge on any atom is -0.481 e. The van der Waals surface area contributed by atoms with Crippen molar-refractivity contribution in [2.24, 2.45) is 4.99 Å². The van der Waals surface area contributed by atoms with Crippen molar-refractivity contribution < 1.29 is 19.5 Å². The number of benzene rings is 2. The molecule has 1 unspecified atom stereocenters. The Hall–Kier alpha value is -4.05. The average molecular weight is 567 g/mol. The molecule has 1 aliphatic carbocycles. The first-order valence-electron chi connectivity index (χ1n) is 13.4. The number of hydrogen-bond acceptors (Lipinski definition) is 6. The molecule has 0 saturated heterocycles.